The average Bonchev–Trinajstić information content (AvgIpc) is 3.00. The van der Waals surface area contributed by atoms with Gasteiger partial charge in [-0.3, -0.25) is 0 Å². The van der Waals surface area contributed by atoms with Crippen LogP contribution in [0.25, 0.3) is 21.5 Å². The first-order valence-corrected chi connectivity index (χ1v) is 22.6. The third kappa shape index (κ3) is 8.82. The highest BCUT2D eigenvalue weighted by molar-refractivity contribution is 9.14. The van der Waals surface area contributed by atoms with Crippen LogP contribution in [-0.2, 0) is 5.41 Å². The molecule has 0 saturated heterocycles. The molecule has 0 fully saturated rings. The quantitative estimate of drug-likeness (QED) is 0.132. The van der Waals surface area contributed by atoms with Crippen molar-refractivity contribution in [3.05, 3.63) is 74.4 Å². The maximum Gasteiger partial charge on any atom is 0.143 e. The molecule has 0 spiro atoms. The Morgan fingerprint density at radius 2 is 0.889 bits per heavy atom. The minimum Gasteiger partial charge on any atom is -0.490 e. The Morgan fingerprint density at radius 1 is 0.533 bits per heavy atom. The molecule has 4 aromatic carbocycles. The lowest BCUT2D eigenvalue weighted by molar-refractivity contribution is 0.318. The van der Waals surface area contributed by atoms with E-state index in [0.29, 0.717) is 22.9 Å². The molecule has 0 amide bonds. The van der Waals surface area contributed by atoms with Crippen LogP contribution in [0.1, 0.15) is 51.7 Å². The monoisotopic (exact) mass is 1250 g/mol. The molecular formula is C33H30Br10O2. The number of alkyl halides is 4. The summed E-state index contributed by atoms with van der Waals surface area (Å²) in [5.41, 5.74) is 2.03. The van der Waals surface area contributed by atoms with E-state index < -0.39 is 0 Å². The summed E-state index contributed by atoms with van der Waals surface area (Å²) in [5, 5.41) is 4.22. The average molecular weight is 1260 g/mol. The fraction of sp³-hybridized carbons (Fsp3) is 0.394. The molecule has 45 heavy (non-hydrogen) atoms. The Hall–Kier alpha value is 1.80. The van der Waals surface area contributed by atoms with Crippen molar-refractivity contribution in [1.82, 2.24) is 0 Å². The fourth-order valence-corrected chi connectivity index (χ4v) is 9.34. The molecule has 4 aromatic rings. The number of fused-ring (bicyclic) bond motifs is 2. The van der Waals surface area contributed by atoms with Crippen molar-refractivity contribution in [3.63, 3.8) is 0 Å². The smallest absolute Gasteiger partial charge is 0.143 e. The summed E-state index contributed by atoms with van der Waals surface area (Å²) in [4.78, 5) is 0.995. The summed E-state index contributed by atoms with van der Waals surface area (Å²) in [6.07, 6.45) is 2.01. The van der Waals surface area contributed by atoms with Gasteiger partial charge in [0.05, 0.1) is 18.6 Å². The molecule has 0 saturated carbocycles. The second-order valence-corrected chi connectivity index (χ2v) is 21.0. The molecule has 0 heterocycles. The van der Waals surface area contributed by atoms with E-state index in [4.69, 9.17) is 9.47 Å². The van der Waals surface area contributed by atoms with Crippen LogP contribution in [0.2, 0.25) is 0 Å². The first kappa shape index (κ1) is 39.6. The SMILES string of the molecule is CCC(Br)C(Br)COc1c(Br)c(Br)cc2cc(C(C)(C)c3cc(Br)c4c(OCC(Br)C(Br)CC)c(Br)c(Br)cc4c3)cc(Br)c12. The fourth-order valence-electron chi connectivity index (χ4n) is 5.00. The van der Waals surface area contributed by atoms with Gasteiger partial charge in [0.1, 0.15) is 24.7 Å². The molecule has 4 rings (SSSR count). The highest BCUT2D eigenvalue weighted by Crippen LogP contribution is 2.48. The van der Waals surface area contributed by atoms with Crippen LogP contribution < -0.4 is 9.47 Å². The Bertz CT molecular complexity index is 1580. The molecule has 12 heteroatoms. The summed E-state index contributed by atoms with van der Waals surface area (Å²) in [6, 6.07) is 13.2. The van der Waals surface area contributed by atoms with Crippen molar-refractivity contribution >= 4 is 181 Å². The third-order valence-corrected chi connectivity index (χ3v) is 18.8. The summed E-state index contributed by atoms with van der Waals surface area (Å²) in [7, 11) is 0. The van der Waals surface area contributed by atoms with Gasteiger partial charge in [-0.05, 0) is 123 Å². The van der Waals surface area contributed by atoms with Gasteiger partial charge in [0.2, 0.25) is 0 Å². The van der Waals surface area contributed by atoms with Gasteiger partial charge in [-0.25, -0.2) is 0 Å². The molecule has 0 radical (unpaired) electrons. The molecule has 0 aliphatic carbocycles. The molecule has 0 N–H and O–H groups in total. The van der Waals surface area contributed by atoms with E-state index >= 15 is 0 Å². The Labute approximate surface area is 349 Å². The van der Waals surface area contributed by atoms with Crippen molar-refractivity contribution in [3.8, 4) is 11.5 Å². The molecule has 0 aliphatic heterocycles. The normalized spacial score (nSPS) is 14.9. The van der Waals surface area contributed by atoms with Crippen LogP contribution in [0, 0.1) is 0 Å². The molecule has 0 aliphatic rings. The summed E-state index contributed by atoms with van der Waals surface area (Å²) in [5.74, 6) is 1.62. The van der Waals surface area contributed by atoms with Crippen LogP contribution in [-0.4, -0.2) is 32.5 Å². The van der Waals surface area contributed by atoms with E-state index in [1.807, 2.05) is 0 Å². The summed E-state index contributed by atoms with van der Waals surface area (Å²) < 4.78 is 18.5. The number of halogens is 10. The zero-order valence-electron chi connectivity index (χ0n) is 24.7. The van der Waals surface area contributed by atoms with Crippen molar-refractivity contribution in [2.24, 2.45) is 0 Å². The maximum absolute atomic E-state index is 6.44. The first-order chi connectivity index (χ1) is 21.1. The molecular weight excluding hydrogens is 1230 g/mol. The standard InChI is InChI=1S/C33H30Br10O2/c1-5-19(34)25(40)13-44-31-27-15(9-23(38)29(31)42)7-17(11-21(27)36)33(3,4)18-8-16-10-24(39)30(43)32(28(16)22(37)12-18)45-14-26(41)20(35)6-2/h7-12,19-20,25-26H,5-6,13-14H2,1-4H3. The van der Waals surface area contributed by atoms with Crippen molar-refractivity contribution in [1.29, 1.82) is 0 Å². The van der Waals surface area contributed by atoms with E-state index in [-0.39, 0.29) is 15.1 Å². The van der Waals surface area contributed by atoms with Crippen LogP contribution in [0.3, 0.4) is 0 Å². The third-order valence-electron chi connectivity index (χ3n) is 7.86. The molecule has 0 aromatic heterocycles. The maximum atomic E-state index is 6.44. The highest BCUT2D eigenvalue weighted by atomic mass is 79.9. The van der Waals surface area contributed by atoms with E-state index in [0.717, 1.165) is 72.7 Å². The van der Waals surface area contributed by atoms with Crippen LogP contribution in [0.15, 0.2) is 63.2 Å². The lowest BCUT2D eigenvalue weighted by Gasteiger charge is -2.29. The van der Waals surface area contributed by atoms with Gasteiger partial charge < -0.3 is 9.47 Å². The molecule has 0 bridgehead atoms. The minimum absolute atomic E-state index is 0.178. The van der Waals surface area contributed by atoms with Gasteiger partial charge in [0.25, 0.3) is 0 Å². The summed E-state index contributed by atoms with van der Waals surface area (Å²) >= 11 is 37.9. The van der Waals surface area contributed by atoms with E-state index in [1.165, 1.54) is 11.1 Å². The number of ether oxygens (including phenoxy) is 2. The Morgan fingerprint density at radius 3 is 1.22 bits per heavy atom. The molecule has 2 nitrogen and oxygen atoms in total. The molecule has 244 valence electrons. The van der Waals surface area contributed by atoms with Crippen molar-refractivity contribution < 1.29 is 9.47 Å². The lowest BCUT2D eigenvalue weighted by atomic mass is 9.77. The number of hydrogen-bond acceptors (Lipinski definition) is 2. The largest absolute Gasteiger partial charge is 0.490 e. The second kappa shape index (κ2) is 16.9. The van der Waals surface area contributed by atoms with Crippen LogP contribution in [0.4, 0.5) is 0 Å². The minimum atomic E-state index is -0.328. The Kier molecular flexibility index (Phi) is 14.8. The van der Waals surface area contributed by atoms with E-state index in [2.05, 4.69) is 223 Å². The molecule has 4 atom stereocenters. The van der Waals surface area contributed by atoms with Crippen molar-refractivity contribution in [2.45, 2.75) is 65.3 Å². The summed E-state index contributed by atoms with van der Waals surface area (Å²) in [6.45, 7) is 9.89. The van der Waals surface area contributed by atoms with Gasteiger partial charge >= 0.3 is 0 Å². The second-order valence-electron chi connectivity index (χ2n) is 11.2. The highest BCUT2D eigenvalue weighted by Gasteiger charge is 2.28. The van der Waals surface area contributed by atoms with Gasteiger partial charge in [-0.2, -0.15) is 0 Å². The van der Waals surface area contributed by atoms with Crippen LogP contribution in [0.5, 0.6) is 11.5 Å². The first-order valence-electron chi connectivity index (χ1n) is 14.2. The number of benzene rings is 4. The van der Waals surface area contributed by atoms with Gasteiger partial charge in [-0.1, -0.05) is 135 Å². The van der Waals surface area contributed by atoms with E-state index in [9.17, 15) is 0 Å². The zero-order chi connectivity index (χ0) is 33.4. The van der Waals surface area contributed by atoms with Gasteiger partial charge in [0.15, 0.2) is 0 Å². The number of hydrogen-bond donors (Lipinski definition) is 0. The molecule has 4 unspecified atom stereocenters. The predicted molar refractivity (Wildman–Crippen MR) is 229 cm³/mol. The number of rotatable bonds is 12. The zero-order valence-corrected chi connectivity index (χ0v) is 40.6. The van der Waals surface area contributed by atoms with Gasteiger partial charge in [-0.15, -0.1) is 0 Å². The lowest BCUT2D eigenvalue weighted by Crippen LogP contribution is -2.21. The topological polar surface area (TPSA) is 18.5 Å². The van der Waals surface area contributed by atoms with E-state index in [1.54, 1.807) is 0 Å². The Balaban J connectivity index is 1.79. The van der Waals surface area contributed by atoms with Crippen molar-refractivity contribution in [2.75, 3.05) is 13.2 Å². The van der Waals surface area contributed by atoms with Gasteiger partial charge in [0, 0.05) is 43.7 Å². The predicted octanol–water partition coefficient (Wildman–Crippen LogP) is 15.5. The van der Waals surface area contributed by atoms with Crippen LogP contribution >= 0.6 is 159 Å².